The van der Waals surface area contributed by atoms with E-state index in [0.717, 1.165) is 22.6 Å². The minimum absolute atomic E-state index is 0.0101. The number of ether oxygens (including phenoxy) is 1. The van der Waals surface area contributed by atoms with Gasteiger partial charge in [0.25, 0.3) is 0 Å². The number of thioether (sulfide) groups is 1. The molecule has 0 saturated carbocycles. The lowest BCUT2D eigenvalue weighted by Crippen LogP contribution is -2.62. The minimum Gasteiger partial charge on any atom is -0.444 e. The van der Waals surface area contributed by atoms with E-state index >= 15 is 0 Å². The number of amides is 5. The van der Waals surface area contributed by atoms with Crippen molar-refractivity contribution < 1.29 is 28.7 Å². The Morgan fingerprint density at radius 2 is 1.73 bits per heavy atom. The van der Waals surface area contributed by atoms with Crippen molar-refractivity contribution in [3.63, 3.8) is 0 Å². The number of hydrogen-bond donors (Lipinski definition) is 2. The van der Waals surface area contributed by atoms with Crippen LogP contribution < -0.4 is 10.6 Å². The summed E-state index contributed by atoms with van der Waals surface area (Å²) < 4.78 is 5.42. The average Bonchev–Trinajstić information content (AvgIpc) is 3.39. The standard InChI is InChI=1S/C33H49N5O6S/c1-20(2)18-28(39)37-16-14-22-12-13-26(30(41)34-24-15-17-45-27-11-9-8-10-23(24)27)38(22)31(42)25(19-37)35-29(40)21(3)36(7)32(43)44-33(4,5)6/h8-11,20-22,24-26H,12-19H2,1-7H3,(H,34,41)(H,35,40)/t21-,22+,24?,25-,26-/m0/s1. The van der Waals surface area contributed by atoms with Crippen LogP contribution in [-0.2, 0) is 23.9 Å². The van der Waals surface area contributed by atoms with Gasteiger partial charge in [0.2, 0.25) is 23.6 Å². The number of nitrogens with one attached hydrogen (secondary N) is 2. The first-order valence-electron chi connectivity index (χ1n) is 16.0. The molecule has 1 aromatic carbocycles. The Balaban J connectivity index is 1.55. The molecule has 4 rings (SSSR count). The number of carbonyl (C=O) groups is 5. The van der Waals surface area contributed by atoms with Crippen molar-refractivity contribution in [3.05, 3.63) is 29.8 Å². The van der Waals surface area contributed by atoms with E-state index in [9.17, 15) is 24.0 Å². The average molecular weight is 644 g/mol. The van der Waals surface area contributed by atoms with Gasteiger partial charge in [-0.25, -0.2) is 4.79 Å². The number of rotatable bonds is 7. The van der Waals surface area contributed by atoms with Gasteiger partial charge in [0.15, 0.2) is 0 Å². The second-order valence-electron chi connectivity index (χ2n) is 13.8. The molecule has 0 radical (unpaired) electrons. The molecule has 5 atom stereocenters. The van der Waals surface area contributed by atoms with Crippen molar-refractivity contribution >= 4 is 41.5 Å². The molecule has 0 bridgehead atoms. The molecule has 0 spiro atoms. The zero-order valence-corrected chi connectivity index (χ0v) is 28.4. The molecule has 248 valence electrons. The minimum atomic E-state index is -1.08. The van der Waals surface area contributed by atoms with Gasteiger partial charge in [-0.2, -0.15) is 0 Å². The summed E-state index contributed by atoms with van der Waals surface area (Å²) in [6.07, 6.45) is 2.15. The summed E-state index contributed by atoms with van der Waals surface area (Å²) in [5.41, 5.74) is 0.343. The number of carbonyl (C=O) groups excluding carboxylic acids is 5. The highest BCUT2D eigenvalue weighted by atomic mass is 32.2. The highest BCUT2D eigenvalue weighted by Gasteiger charge is 2.46. The Hall–Kier alpha value is -3.28. The molecule has 3 aliphatic heterocycles. The summed E-state index contributed by atoms with van der Waals surface area (Å²) >= 11 is 1.78. The van der Waals surface area contributed by atoms with Crippen molar-refractivity contribution in [2.75, 3.05) is 25.9 Å². The van der Waals surface area contributed by atoms with E-state index in [1.807, 2.05) is 32.0 Å². The topological polar surface area (TPSA) is 128 Å². The summed E-state index contributed by atoms with van der Waals surface area (Å²) in [5, 5.41) is 6.05. The third kappa shape index (κ3) is 8.51. The summed E-state index contributed by atoms with van der Waals surface area (Å²) in [6, 6.07) is 4.98. The molecule has 12 heteroatoms. The van der Waals surface area contributed by atoms with Crippen LogP contribution >= 0.6 is 11.8 Å². The molecule has 11 nitrogen and oxygen atoms in total. The molecule has 3 heterocycles. The van der Waals surface area contributed by atoms with Gasteiger partial charge in [0, 0.05) is 43.2 Å². The number of nitrogens with zero attached hydrogens (tertiary/aromatic N) is 3. The molecule has 1 aromatic rings. The van der Waals surface area contributed by atoms with Crippen LogP contribution in [0.25, 0.3) is 0 Å². The fourth-order valence-corrected chi connectivity index (χ4v) is 7.29. The van der Waals surface area contributed by atoms with Gasteiger partial charge < -0.3 is 25.2 Å². The lowest BCUT2D eigenvalue weighted by Gasteiger charge is -2.39. The summed E-state index contributed by atoms with van der Waals surface area (Å²) in [7, 11) is 1.47. The van der Waals surface area contributed by atoms with Crippen LogP contribution in [0.5, 0.6) is 0 Å². The molecule has 2 fully saturated rings. The lowest BCUT2D eigenvalue weighted by atomic mass is 10.0. The van der Waals surface area contributed by atoms with Crippen LogP contribution in [-0.4, -0.2) is 100 Å². The van der Waals surface area contributed by atoms with E-state index in [1.165, 1.54) is 11.9 Å². The summed E-state index contributed by atoms with van der Waals surface area (Å²) in [5.74, 6) is -0.193. The first kappa shape index (κ1) is 34.6. The fraction of sp³-hybridized carbons (Fsp3) is 0.667. The quantitative estimate of drug-likeness (QED) is 0.464. The maximum Gasteiger partial charge on any atom is 0.410 e. The molecule has 2 N–H and O–H groups in total. The molecule has 5 amide bonds. The van der Waals surface area contributed by atoms with Gasteiger partial charge in [-0.1, -0.05) is 32.0 Å². The van der Waals surface area contributed by atoms with Gasteiger partial charge in [-0.05, 0) is 70.9 Å². The maximum absolute atomic E-state index is 14.3. The van der Waals surface area contributed by atoms with Crippen LogP contribution in [0.1, 0.15) is 85.3 Å². The van der Waals surface area contributed by atoms with E-state index in [2.05, 4.69) is 16.7 Å². The predicted molar refractivity (Wildman–Crippen MR) is 172 cm³/mol. The smallest absolute Gasteiger partial charge is 0.410 e. The molecule has 45 heavy (non-hydrogen) atoms. The normalized spacial score (nSPS) is 24.1. The molecule has 0 aromatic heterocycles. The van der Waals surface area contributed by atoms with Crippen molar-refractivity contribution in [2.45, 2.75) is 114 Å². The number of fused-ring (bicyclic) bond motifs is 2. The van der Waals surface area contributed by atoms with E-state index in [1.54, 1.807) is 49.3 Å². The van der Waals surface area contributed by atoms with Crippen LogP contribution in [0.3, 0.4) is 0 Å². The third-order valence-corrected chi connectivity index (χ3v) is 9.78. The Morgan fingerprint density at radius 3 is 2.42 bits per heavy atom. The van der Waals surface area contributed by atoms with E-state index in [0.29, 0.717) is 32.2 Å². The van der Waals surface area contributed by atoms with E-state index in [-0.39, 0.29) is 42.3 Å². The third-order valence-electron chi connectivity index (χ3n) is 8.66. The largest absolute Gasteiger partial charge is 0.444 e. The Labute approximate surface area is 271 Å². The first-order valence-corrected chi connectivity index (χ1v) is 17.0. The zero-order chi connectivity index (χ0) is 33.1. The van der Waals surface area contributed by atoms with Gasteiger partial charge in [0.05, 0.1) is 6.04 Å². The number of likely N-dealkylation sites (N-methyl/N-ethyl adjacent to an activating group) is 1. The second kappa shape index (κ2) is 14.4. The summed E-state index contributed by atoms with van der Waals surface area (Å²) in [4.78, 5) is 73.1. The predicted octanol–water partition coefficient (Wildman–Crippen LogP) is 3.72. The Morgan fingerprint density at radius 1 is 1.02 bits per heavy atom. The Kier molecular flexibility index (Phi) is 11.1. The van der Waals surface area contributed by atoms with Gasteiger partial charge in [0.1, 0.15) is 23.7 Å². The maximum atomic E-state index is 14.3. The monoisotopic (exact) mass is 643 g/mol. The lowest BCUT2D eigenvalue weighted by molar-refractivity contribution is -0.147. The molecular formula is C33H49N5O6S. The van der Waals surface area contributed by atoms with Crippen LogP contribution in [0, 0.1) is 5.92 Å². The van der Waals surface area contributed by atoms with Gasteiger partial charge >= 0.3 is 6.09 Å². The molecule has 1 unspecified atom stereocenters. The Bertz CT molecular complexity index is 1280. The number of hydrogen-bond acceptors (Lipinski definition) is 7. The van der Waals surface area contributed by atoms with Crippen molar-refractivity contribution in [1.29, 1.82) is 0 Å². The van der Waals surface area contributed by atoms with Crippen LogP contribution in [0.4, 0.5) is 4.79 Å². The van der Waals surface area contributed by atoms with Crippen LogP contribution in [0.15, 0.2) is 29.2 Å². The highest BCUT2D eigenvalue weighted by molar-refractivity contribution is 7.99. The number of benzene rings is 1. The molecule has 3 aliphatic rings. The fourth-order valence-electron chi connectivity index (χ4n) is 6.16. The van der Waals surface area contributed by atoms with Gasteiger partial charge in [-0.15, -0.1) is 11.8 Å². The molecule has 0 aliphatic carbocycles. The highest BCUT2D eigenvalue weighted by Crippen LogP contribution is 2.37. The van der Waals surface area contributed by atoms with Crippen molar-refractivity contribution in [2.24, 2.45) is 5.92 Å². The SMILES string of the molecule is CC(C)CC(=O)N1CC[C@H]2CC[C@@H](C(=O)NC3CCSc4ccccc43)N2C(=O)[C@@H](NC(=O)[C@H](C)N(C)C(=O)OC(C)(C)C)C1. The van der Waals surface area contributed by atoms with E-state index in [4.69, 9.17) is 4.74 Å². The van der Waals surface area contributed by atoms with Gasteiger partial charge in [-0.3, -0.25) is 24.1 Å². The molecule has 2 saturated heterocycles. The molecular weight excluding hydrogens is 594 g/mol. The van der Waals surface area contributed by atoms with E-state index < -0.39 is 35.7 Å². The second-order valence-corrected chi connectivity index (χ2v) is 14.9. The summed E-state index contributed by atoms with van der Waals surface area (Å²) in [6.45, 7) is 11.1. The van der Waals surface area contributed by atoms with Crippen molar-refractivity contribution in [3.8, 4) is 0 Å². The first-order chi connectivity index (χ1) is 21.2. The zero-order valence-electron chi connectivity index (χ0n) is 27.6. The van der Waals surface area contributed by atoms with Crippen molar-refractivity contribution in [1.82, 2.24) is 25.3 Å². The van der Waals surface area contributed by atoms with Crippen LogP contribution in [0.2, 0.25) is 0 Å².